The van der Waals surface area contributed by atoms with Gasteiger partial charge in [-0.2, -0.15) is 18.3 Å². The van der Waals surface area contributed by atoms with Crippen LogP contribution in [0.4, 0.5) is 28.9 Å². The minimum Gasteiger partial charge on any atom is -0.493 e. The number of pyridine rings is 1. The van der Waals surface area contributed by atoms with Gasteiger partial charge in [0.15, 0.2) is 41.2 Å². The Bertz CT molecular complexity index is 2040. The Hall–Kier alpha value is -5.65. The number of aromatic nitrogens is 1. The molecule has 2 aliphatic heterocycles. The van der Waals surface area contributed by atoms with E-state index in [0.29, 0.717) is 41.6 Å². The van der Waals surface area contributed by atoms with Gasteiger partial charge >= 0.3 is 6.18 Å². The Labute approximate surface area is 307 Å². The highest BCUT2D eigenvalue weighted by Gasteiger charge is 2.40. The van der Waals surface area contributed by atoms with Gasteiger partial charge in [0.25, 0.3) is 5.91 Å². The second kappa shape index (κ2) is 16.6. The first-order valence-corrected chi connectivity index (χ1v) is 16.9. The number of nitrogens with one attached hydrogen (secondary N) is 1. The van der Waals surface area contributed by atoms with E-state index in [1.807, 2.05) is 0 Å². The van der Waals surface area contributed by atoms with Gasteiger partial charge in [0.05, 0.1) is 43.7 Å². The lowest BCUT2D eigenvalue weighted by Crippen LogP contribution is -2.60. The smallest absolute Gasteiger partial charge is 0.416 e. The molecule has 13 nitrogen and oxygen atoms in total. The van der Waals surface area contributed by atoms with Gasteiger partial charge in [-0.3, -0.25) is 24.4 Å². The van der Waals surface area contributed by atoms with Crippen molar-refractivity contribution in [3.63, 3.8) is 0 Å². The molecule has 3 heterocycles. The molecule has 2 atom stereocenters. The molecule has 1 amide bonds. The molecule has 0 radical (unpaired) electrons. The number of hydrogen-bond acceptors (Lipinski definition) is 12. The number of methoxy groups -OCH3 is 1. The number of morpholine rings is 1. The van der Waals surface area contributed by atoms with E-state index in [1.54, 1.807) is 18.2 Å². The Morgan fingerprint density at radius 1 is 1.00 bits per heavy atom. The van der Waals surface area contributed by atoms with Crippen molar-refractivity contribution in [3.8, 4) is 23.0 Å². The number of hydrazone groups is 1. The van der Waals surface area contributed by atoms with Crippen molar-refractivity contribution in [3.05, 3.63) is 78.2 Å². The average molecular weight is 753 g/mol. The first-order chi connectivity index (χ1) is 26.0. The summed E-state index contributed by atoms with van der Waals surface area (Å²) in [6.45, 7) is 4.54. The number of likely N-dealkylation sites (N-methyl/N-ethyl adjacent to an activating group) is 1. The van der Waals surface area contributed by atoms with Crippen LogP contribution in [-0.2, 0) is 25.3 Å². The van der Waals surface area contributed by atoms with Gasteiger partial charge in [-0.05, 0) is 55.9 Å². The minimum absolute atomic E-state index is 0.0420. The van der Waals surface area contributed by atoms with E-state index in [0.717, 1.165) is 68.5 Å². The quantitative estimate of drug-likeness (QED) is 0.111. The standard InChI is InChI=1S/C37H36F4N6O7/c1-45-29(21-48)35(44-47(34(45)22-49)25-6-3-5-23(17-25)37(39,40)41)36(50)43-24-7-8-31(27(38)18-24)54-30-9-10-42-28-20-33(32(51-2)19-26(28)30)53-14-4-11-46-12-15-52-16-13-46/h3,5-10,17-22,29,34H,4,11-16H2,1-2H3,(H,43,50). The van der Waals surface area contributed by atoms with Crippen LogP contribution in [0.15, 0.2) is 72.0 Å². The molecule has 2 aliphatic rings. The Morgan fingerprint density at radius 2 is 1.80 bits per heavy atom. The van der Waals surface area contributed by atoms with Crippen molar-refractivity contribution in [2.24, 2.45) is 5.10 Å². The van der Waals surface area contributed by atoms with Crippen molar-refractivity contribution in [1.29, 1.82) is 0 Å². The summed E-state index contributed by atoms with van der Waals surface area (Å²) in [5, 5.41) is 8.02. The summed E-state index contributed by atoms with van der Waals surface area (Å²) in [5.41, 5.74) is -1.13. The lowest BCUT2D eigenvalue weighted by molar-refractivity contribution is -0.137. The average Bonchev–Trinajstić information content (AvgIpc) is 3.17. The van der Waals surface area contributed by atoms with E-state index in [-0.39, 0.29) is 22.9 Å². The fourth-order valence-corrected chi connectivity index (χ4v) is 6.05. The van der Waals surface area contributed by atoms with Crippen LogP contribution in [0.1, 0.15) is 12.0 Å². The van der Waals surface area contributed by atoms with Crippen LogP contribution >= 0.6 is 0 Å². The van der Waals surface area contributed by atoms with Gasteiger partial charge in [-0.1, -0.05) is 6.07 Å². The third-order valence-corrected chi connectivity index (χ3v) is 8.90. The predicted octanol–water partition coefficient (Wildman–Crippen LogP) is 5.13. The summed E-state index contributed by atoms with van der Waals surface area (Å²) in [4.78, 5) is 45.4. The largest absolute Gasteiger partial charge is 0.493 e. The molecule has 0 aliphatic carbocycles. The van der Waals surface area contributed by atoms with Gasteiger partial charge in [-0.25, -0.2) is 9.40 Å². The maximum Gasteiger partial charge on any atom is 0.416 e. The fraction of sp³-hybridized carbons (Fsp3) is 0.324. The number of anilines is 2. The molecule has 284 valence electrons. The molecule has 0 spiro atoms. The molecular weight excluding hydrogens is 716 g/mol. The third-order valence-electron chi connectivity index (χ3n) is 8.90. The molecule has 3 aromatic carbocycles. The molecule has 0 bridgehead atoms. The predicted molar refractivity (Wildman–Crippen MR) is 190 cm³/mol. The summed E-state index contributed by atoms with van der Waals surface area (Å²) < 4.78 is 78.7. The van der Waals surface area contributed by atoms with Crippen molar-refractivity contribution in [2.75, 3.05) is 63.9 Å². The zero-order valence-electron chi connectivity index (χ0n) is 29.2. The van der Waals surface area contributed by atoms with Crippen molar-refractivity contribution >= 4 is 46.5 Å². The van der Waals surface area contributed by atoms with Crippen molar-refractivity contribution in [1.82, 2.24) is 14.8 Å². The monoisotopic (exact) mass is 752 g/mol. The molecule has 1 fully saturated rings. The zero-order valence-corrected chi connectivity index (χ0v) is 29.2. The molecule has 4 aromatic rings. The molecule has 2 unspecified atom stereocenters. The number of aldehydes is 2. The van der Waals surface area contributed by atoms with E-state index in [1.165, 1.54) is 43.5 Å². The molecule has 1 saturated heterocycles. The highest BCUT2D eigenvalue weighted by atomic mass is 19.4. The van der Waals surface area contributed by atoms with E-state index in [4.69, 9.17) is 18.9 Å². The SMILES string of the molecule is COc1cc2c(Oc3ccc(NC(=O)C4=NN(c5cccc(C(F)(F)F)c5)C(C=O)N(C)C4C=O)cc3F)ccnc2cc1OCCCN1CCOCC1. The van der Waals surface area contributed by atoms with Crippen LogP contribution in [-0.4, -0.2) is 105 Å². The van der Waals surface area contributed by atoms with Crippen LogP contribution in [0.3, 0.4) is 0 Å². The highest BCUT2D eigenvalue weighted by Crippen LogP contribution is 2.38. The van der Waals surface area contributed by atoms with E-state index < -0.39 is 41.4 Å². The Balaban J connectivity index is 1.18. The van der Waals surface area contributed by atoms with Crippen LogP contribution in [0, 0.1) is 5.82 Å². The maximum atomic E-state index is 15.5. The highest BCUT2D eigenvalue weighted by molar-refractivity contribution is 6.47. The second-order valence-corrected chi connectivity index (χ2v) is 12.4. The summed E-state index contributed by atoms with van der Waals surface area (Å²) in [7, 11) is 2.84. The molecule has 6 rings (SSSR count). The lowest BCUT2D eigenvalue weighted by atomic mass is 10.1. The number of nitrogens with zero attached hydrogens (tertiary/aromatic N) is 5. The fourth-order valence-electron chi connectivity index (χ4n) is 6.05. The number of ether oxygens (including phenoxy) is 4. The molecular formula is C37H36F4N6O7. The van der Waals surface area contributed by atoms with Gasteiger partial charge < -0.3 is 29.1 Å². The summed E-state index contributed by atoms with van der Waals surface area (Å²) in [6, 6.07) is 11.2. The van der Waals surface area contributed by atoms with Crippen molar-refractivity contribution in [2.45, 2.75) is 24.8 Å². The van der Waals surface area contributed by atoms with E-state index >= 15 is 4.39 Å². The Kier molecular flexibility index (Phi) is 11.7. The second-order valence-electron chi connectivity index (χ2n) is 12.4. The number of carbonyl (C=O) groups is 3. The summed E-state index contributed by atoms with van der Waals surface area (Å²) in [5.74, 6) is -0.811. The number of benzene rings is 3. The van der Waals surface area contributed by atoms with Crippen molar-refractivity contribution < 1.29 is 50.9 Å². The topological polar surface area (TPSA) is 135 Å². The van der Waals surface area contributed by atoms with Crippen LogP contribution in [0.2, 0.25) is 0 Å². The third kappa shape index (κ3) is 8.43. The Morgan fingerprint density at radius 3 is 2.50 bits per heavy atom. The number of amides is 1. The molecule has 54 heavy (non-hydrogen) atoms. The molecule has 1 N–H and O–H groups in total. The normalized spacial score (nSPS) is 18.2. The summed E-state index contributed by atoms with van der Waals surface area (Å²) in [6.07, 6.45) is -2.96. The van der Waals surface area contributed by atoms with Gasteiger partial charge in [0.1, 0.15) is 18.1 Å². The first kappa shape index (κ1) is 38.1. The number of hydrogen-bond donors (Lipinski definition) is 1. The van der Waals surface area contributed by atoms with E-state index in [9.17, 15) is 27.6 Å². The maximum absolute atomic E-state index is 15.5. The molecule has 1 aromatic heterocycles. The number of alkyl halides is 3. The number of halogens is 4. The van der Waals surface area contributed by atoms with E-state index in [2.05, 4.69) is 20.3 Å². The van der Waals surface area contributed by atoms with Crippen LogP contribution in [0.5, 0.6) is 23.0 Å². The number of fused-ring (bicyclic) bond motifs is 1. The van der Waals surface area contributed by atoms with Crippen LogP contribution < -0.4 is 24.5 Å². The van der Waals surface area contributed by atoms with Gasteiger partial charge in [0.2, 0.25) is 0 Å². The van der Waals surface area contributed by atoms with Gasteiger partial charge in [0, 0.05) is 49.0 Å². The number of rotatable bonds is 13. The lowest BCUT2D eigenvalue weighted by Gasteiger charge is -2.40. The zero-order chi connectivity index (χ0) is 38.4. The minimum atomic E-state index is -4.69. The summed E-state index contributed by atoms with van der Waals surface area (Å²) >= 11 is 0. The first-order valence-electron chi connectivity index (χ1n) is 16.9. The van der Waals surface area contributed by atoms with Crippen LogP contribution in [0.25, 0.3) is 10.9 Å². The van der Waals surface area contributed by atoms with Gasteiger partial charge in [-0.15, -0.1) is 0 Å². The number of carbonyl (C=O) groups excluding carboxylic acids is 3. The molecule has 0 saturated carbocycles. The molecule has 17 heteroatoms.